The molecule has 1 aromatic rings. The fourth-order valence-corrected chi connectivity index (χ4v) is 1.49. The molecule has 0 atom stereocenters. The van der Waals surface area contributed by atoms with Crippen LogP contribution in [0.5, 0.6) is 5.75 Å². The summed E-state index contributed by atoms with van der Waals surface area (Å²) in [4.78, 5) is 2.14. The molecule has 1 rings (SSSR count). The lowest BCUT2D eigenvalue weighted by Gasteiger charge is -2.08. The number of likely N-dealkylation sites (N-methyl/N-ethyl adjacent to an activating group) is 1. The van der Waals surface area contributed by atoms with Gasteiger partial charge in [-0.25, -0.2) is 0 Å². The second-order valence-corrected chi connectivity index (χ2v) is 5.26. The van der Waals surface area contributed by atoms with Crippen molar-refractivity contribution in [2.24, 2.45) is 5.92 Å². The predicted octanol–water partition coefficient (Wildman–Crippen LogP) is 3.69. The third kappa shape index (κ3) is 6.45. The van der Waals surface area contributed by atoms with Gasteiger partial charge >= 0.3 is 0 Å². The molecule has 0 aliphatic rings. The molecule has 0 unspecified atom stereocenters. The molecule has 0 saturated heterocycles. The van der Waals surface area contributed by atoms with E-state index in [9.17, 15) is 0 Å². The summed E-state index contributed by atoms with van der Waals surface area (Å²) in [6.45, 7) is 6.18. The van der Waals surface area contributed by atoms with Crippen molar-refractivity contribution in [3.63, 3.8) is 0 Å². The van der Waals surface area contributed by atoms with E-state index in [4.69, 9.17) is 4.74 Å². The summed E-state index contributed by atoms with van der Waals surface area (Å²) in [7, 11) is 4.13. The Bertz CT molecular complexity index is 352. The van der Waals surface area contributed by atoms with E-state index in [1.807, 2.05) is 12.1 Å². The minimum absolute atomic E-state index is 0.693. The first kappa shape index (κ1) is 14.8. The third-order valence-corrected chi connectivity index (χ3v) is 2.62. The van der Waals surface area contributed by atoms with Crippen molar-refractivity contribution >= 4 is 6.08 Å². The molecule has 2 heteroatoms. The van der Waals surface area contributed by atoms with Crippen molar-refractivity contribution in [2.45, 2.75) is 20.3 Å². The maximum Gasteiger partial charge on any atom is 0.119 e. The predicted molar refractivity (Wildman–Crippen MR) is 79.0 cm³/mol. The van der Waals surface area contributed by atoms with Crippen LogP contribution in [0.4, 0.5) is 0 Å². The Balaban J connectivity index is 2.40. The van der Waals surface area contributed by atoms with Crippen LogP contribution in [0.3, 0.4) is 0 Å². The van der Waals surface area contributed by atoms with Crippen LogP contribution in [-0.4, -0.2) is 32.1 Å². The van der Waals surface area contributed by atoms with Crippen LogP contribution >= 0.6 is 0 Å². The zero-order valence-electron chi connectivity index (χ0n) is 12.0. The van der Waals surface area contributed by atoms with Crippen molar-refractivity contribution in [3.05, 3.63) is 35.9 Å². The first-order valence-electron chi connectivity index (χ1n) is 6.62. The Kier molecular flexibility index (Phi) is 6.51. The van der Waals surface area contributed by atoms with Crippen LogP contribution in [0.2, 0.25) is 0 Å². The van der Waals surface area contributed by atoms with E-state index < -0.39 is 0 Å². The minimum atomic E-state index is 0.693. The first-order chi connectivity index (χ1) is 8.58. The lowest BCUT2D eigenvalue weighted by Crippen LogP contribution is -2.10. The summed E-state index contributed by atoms with van der Waals surface area (Å²) >= 11 is 0. The van der Waals surface area contributed by atoms with Crippen LogP contribution in [0.15, 0.2) is 30.3 Å². The number of hydrogen-bond acceptors (Lipinski definition) is 2. The van der Waals surface area contributed by atoms with Crippen LogP contribution in [0, 0.1) is 5.92 Å². The van der Waals surface area contributed by atoms with Gasteiger partial charge in [-0.2, -0.15) is 0 Å². The third-order valence-electron chi connectivity index (χ3n) is 2.62. The molecule has 0 aliphatic heterocycles. The van der Waals surface area contributed by atoms with Gasteiger partial charge in [0.25, 0.3) is 0 Å². The largest absolute Gasteiger partial charge is 0.494 e. The molecule has 18 heavy (non-hydrogen) atoms. The number of benzene rings is 1. The lowest BCUT2D eigenvalue weighted by atomic mass is 10.1. The molecule has 0 N–H and O–H groups in total. The average molecular weight is 247 g/mol. The highest BCUT2D eigenvalue weighted by Gasteiger charge is 1.96. The van der Waals surface area contributed by atoms with E-state index >= 15 is 0 Å². The number of ether oxygens (including phenoxy) is 1. The quantitative estimate of drug-likeness (QED) is 0.728. The van der Waals surface area contributed by atoms with Crippen LogP contribution < -0.4 is 4.74 Å². The van der Waals surface area contributed by atoms with E-state index in [0.29, 0.717) is 5.92 Å². The normalized spacial score (nSPS) is 11.7. The van der Waals surface area contributed by atoms with Gasteiger partial charge in [-0.05, 0) is 44.1 Å². The van der Waals surface area contributed by atoms with Crippen molar-refractivity contribution < 1.29 is 4.74 Å². The van der Waals surface area contributed by atoms with E-state index in [1.165, 1.54) is 5.56 Å². The second kappa shape index (κ2) is 7.93. The first-order valence-corrected chi connectivity index (χ1v) is 6.62. The van der Waals surface area contributed by atoms with Crippen molar-refractivity contribution in [3.8, 4) is 5.75 Å². The van der Waals surface area contributed by atoms with Gasteiger partial charge in [0.1, 0.15) is 5.75 Å². The SMILES string of the molecule is CC(C)CCOc1ccc(/C=C\CN(C)C)cc1. The smallest absolute Gasteiger partial charge is 0.119 e. The lowest BCUT2D eigenvalue weighted by molar-refractivity contribution is 0.289. The summed E-state index contributed by atoms with van der Waals surface area (Å²) in [6.07, 6.45) is 5.40. The van der Waals surface area contributed by atoms with Gasteiger partial charge < -0.3 is 9.64 Å². The Labute approximate surface area is 111 Å². The summed E-state index contributed by atoms with van der Waals surface area (Å²) in [5.41, 5.74) is 1.22. The van der Waals surface area contributed by atoms with Gasteiger partial charge in [0.2, 0.25) is 0 Å². The van der Waals surface area contributed by atoms with Crippen LogP contribution in [-0.2, 0) is 0 Å². The van der Waals surface area contributed by atoms with E-state index in [2.05, 4.69) is 57.1 Å². The standard InChI is InChI=1S/C16H25NO/c1-14(2)11-13-18-16-9-7-15(8-10-16)6-5-12-17(3)4/h5-10,14H,11-13H2,1-4H3/b6-5-. The molecule has 0 spiro atoms. The van der Waals surface area contributed by atoms with E-state index in [0.717, 1.165) is 25.3 Å². The minimum Gasteiger partial charge on any atom is -0.494 e. The molecule has 0 fully saturated rings. The van der Waals surface area contributed by atoms with Gasteiger partial charge in [-0.15, -0.1) is 0 Å². The fraction of sp³-hybridized carbons (Fsp3) is 0.500. The molecule has 0 aromatic heterocycles. The maximum absolute atomic E-state index is 5.68. The van der Waals surface area contributed by atoms with Crippen molar-refractivity contribution in [2.75, 3.05) is 27.2 Å². The summed E-state index contributed by atoms with van der Waals surface area (Å²) < 4.78 is 5.68. The fourth-order valence-electron chi connectivity index (χ4n) is 1.49. The molecule has 2 nitrogen and oxygen atoms in total. The van der Waals surface area contributed by atoms with Crippen LogP contribution in [0.1, 0.15) is 25.8 Å². The zero-order chi connectivity index (χ0) is 13.4. The summed E-state index contributed by atoms with van der Waals surface area (Å²) in [6, 6.07) is 8.26. The Hall–Kier alpha value is -1.28. The topological polar surface area (TPSA) is 12.5 Å². The highest BCUT2D eigenvalue weighted by atomic mass is 16.5. The molecule has 1 aromatic carbocycles. The molecule has 100 valence electrons. The Morgan fingerprint density at radius 2 is 1.83 bits per heavy atom. The summed E-state index contributed by atoms with van der Waals surface area (Å²) in [5, 5.41) is 0. The van der Waals surface area contributed by atoms with E-state index in [-0.39, 0.29) is 0 Å². The monoisotopic (exact) mass is 247 g/mol. The highest BCUT2D eigenvalue weighted by Crippen LogP contribution is 2.14. The molecule has 0 aliphatic carbocycles. The van der Waals surface area contributed by atoms with Gasteiger partial charge in [0, 0.05) is 6.54 Å². The molecular formula is C16H25NO. The van der Waals surface area contributed by atoms with Gasteiger partial charge in [-0.1, -0.05) is 38.1 Å². The van der Waals surface area contributed by atoms with Gasteiger partial charge in [0.15, 0.2) is 0 Å². The molecule has 0 saturated carbocycles. The maximum atomic E-state index is 5.68. The molecular weight excluding hydrogens is 222 g/mol. The van der Waals surface area contributed by atoms with E-state index in [1.54, 1.807) is 0 Å². The Morgan fingerprint density at radius 1 is 1.17 bits per heavy atom. The van der Waals surface area contributed by atoms with Gasteiger partial charge in [-0.3, -0.25) is 0 Å². The van der Waals surface area contributed by atoms with Crippen LogP contribution in [0.25, 0.3) is 6.08 Å². The molecule has 0 radical (unpaired) electrons. The number of nitrogens with zero attached hydrogens (tertiary/aromatic N) is 1. The zero-order valence-corrected chi connectivity index (χ0v) is 12.0. The number of rotatable bonds is 7. The molecule has 0 heterocycles. The molecule has 0 bridgehead atoms. The second-order valence-electron chi connectivity index (χ2n) is 5.26. The Morgan fingerprint density at radius 3 is 2.39 bits per heavy atom. The number of hydrogen-bond donors (Lipinski definition) is 0. The van der Waals surface area contributed by atoms with Gasteiger partial charge in [0.05, 0.1) is 6.61 Å². The van der Waals surface area contributed by atoms with Crippen molar-refractivity contribution in [1.29, 1.82) is 0 Å². The summed E-state index contributed by atoms with van der Waals surface area (Å²) in [5.74, 6) is 1.65. The van der Waals surface area contributed by atoms with Crippen molar-refractivity contribution in [1.82, 2.24) is 4.90 Å². The highest BCUT2D eigenvalue weighted by molar-refractivity contribution is 5.50. The molecule has 0 amide bonds. The average Bonchev–Trinajstić information content (AvgIpc) is 2.30.